The lowest BCUT2D eigenvalue weighted by molar-refractivity contribution is -0.132. The molecule has 0 bridgehead atoms. The first-order valence-corrected chi connectivity index (χ1v) is 9.95. The number of piperidine rings is 1. The Morgan fingerprint density at radius 3 is 2.26 bits per heavy atom. The molecule has 0 unspecified atom stereocenters. The third-order valence-electron chi connectivity index (χ3n) is 5.06. The molecule has 3 rings (SSSR count). The smallest absolute Gasteiger partial charge is 0.222 e. The molecule has 0 saturated carbocycles. The number of ether oxygens (including phenoxy) is 2. The largest absolute Gasteiger partial charge is 0.490 e. The Labute approximate surface area is 162 Å². The molecule has 1 aliphatic rings. The van der Waals surface area contributed by atoms with E-state index in [1.165, 1.54) is 5.56 Å². The molecule has 0 aliphatic carbocycles. The summed E-state index contributed by atoms with van der Waals surface area (Å²) >= 11 is 0. The van der Waals surface area contributed by atoms with Crippen LogP contribution >= 0.6 is 0 Å². The van der Waals surface area contributed by atoms with E-state index in [0.29, 0.717) is 25.6 Å². The average molecular weight is 367 g/mol. The molecular weight excluding hydrogens is 338 g/mol. The van der Waals surface area contributed by atoms with Gasteiger partial charge in [-0.05, 0) is 49.8 Å². The molecule has 1 fully saturated rings. The van der Waals surface area contributed by atoms with E-state index in [-0.39, 0.29) is 5.91 Å². The molecule has 0 spiro atoms. The second kappa shape index (κ2) is 10.0. The van der Waals surface area contributed by atoms with Crippen molar-refractivity contribution in [3.8, 4) is 11.5 Å². The molecule has 2 aromatic rings. The lowest BCUT2D eigenvalue weighted by Crippen LogP contribution is -2.37. The summed E-state index contributed by atoms with van der Waals surface area (Å²) < 4.78 is 11.4. The fourth-order valence-corrected chi connectivity index (χ4v) is 3.60. The molecule has 0 radical (unpaired) electrons. The maximum atomic E-state index is 12.5. The van der Waals surface area contributed by atoms with Gasteiger partial charge in [0.05, 0.1) is 13.2 Å². The van der Waals surface area contributed by atoms with E-state index < -0.39 is 0 Å². The summed E-state index contributed by atoms with van der Waals surface area (Å²) in [6.07, 6.45) is 3.35. The van der Waals surface area contributed by atoms with Crippen molar-refractivity contribution >= 4 is 5.91 Å². The minimum absolute atomic E-state index is 0.239. The Morgan fingerprint density at radius 2 is 1.59 bits per heavy atom. The summed E-state index contributed by atoms with van der Waals surface area (Å²) in [7, 11) is 0. The standard InChI is InChI=1S/C23H29NO3/c1-2-26-21-11-6-7-12-22(21)27-18-8-13-23(25)24-16-14-20(15-17-24)19-9-4-3-5-10-19/h3-7,9-12,20H,2,8,13-18H2,1H3. The maximum Gasteiger partial charge on any atom is 0.222 e. The number of nitrogens with zero attached hydrogens (tertiary/aromatic N) is 1. The van der Waals surface area contributed by atoms with Gasteiger partial charge in [-0.3, -0.25) is 4.79 Å². The van der Waals surface area contributed by atoms with Crippen LogP contribution in [0.1, 0.15) is 44.1 Å². The molecule has 1 amide bonds. The Balaban J connectivity index is 1.38. The zero-order valence-corrected chi connectivity index (χ0v) is 16.1. The van der Waals surface area contributed by atoms with Crippen LogP contribution in [0.15, 0.2) is 54.6 Å². The number of likely N-dealkylation sites (tertiary alicyclic amines) is 1. The molecule has 1 aliphatic heterocycles. The molecule has 2 aromatic carbocycles. The van der Waals surface area contributed by atoms with Crippen LogP contribution in [0.4, 0.5) is 0 Å². The molecule has 0 atom stereocenters. The van der Waals surface area contributed by atoms with Crippen molar-refractivity contribution in [2.24, 2.45) is 0 Å². The molecule has 0 aromatic heterocycles. The Kier molecular flexibility index (Phi) is 7.14. The van der Waals surface area contributed by atoms with Gasteiger partial charge < -0.3 is 14.4 Å². The summed E-state index contributed by atoms with van der Waals surface area (Å²) in [6.45, 7) is 4.80. The number of hydrogen-bond donors (Lipinski definition) is 0. The summed E-state index contributed by atoms with van der Waals surface area (Å²) in [5, 5.41) is 0. The van der Waals surface area contributed by atoms with Crippen LogP contribution in [0.25, 0.3) is 0 Å². The number of amides is 1. The summed E-state index contributed by atoms with van der Waals surface area (Å²) in [6, 6.07) is 18.3. The van der Waals surface area contributed by atoms with Gasteiger partial charge in [-0.25, -0.2) is 0 Å². The summed E-state index contributed by atoms with van der Waals surface area (Å²) in [5.41, 5.74) is 1.39. The molecule has 144 valence electrons. The first kappa shape index (κ1) is 19.3. The first-order valence-electron chi connectivity index (χ1n) is 9.95. The van der Waals surface area contributed by atoms with Crippen molar-refractivity contribution in [3.05, 3.63) is 60.2 Å². The highest BCUT2D eigenvalue weighted by molar-refractivity contribution is 5.76. The van der Waals surface area contributed by atoms with E-state index in [1.807, 2.05) is 36.1 Å². The van der Waals surface area contributed by atoms with Gasteiger partial charge in [0.15, 0.2) is 11.5 Å². The third kappa shape index (κ3) is 5.49. The second-order valence-corrected chi connectivity index (χ2v) is 6.90. The highest BCUT2D eigenvalue weighted by Crippen LogP contribution is 2.28. The average Bonchev–Trinajstić information content (AvgIpc) is 2.73. The SMILES string of the molecule is CCOc1ccccc1OCCCC(=O)N1CCC(c2ccccc2)CC1. The zero-order valence-electron chi connectivity index (χ0n) is 16.1. The molecule has 0 N–H and O–H groups in total. The van der Waals surface area contributed by atoms with E-state index in [4.69, 9.17) is 9.47 Å². The molecular formula is C23H29NO3. The van der Waals surface area contributed by atoms with Gasteiger partial charge in [0.1, 0.15) is 0 Å². The molecule has 4 heteroatoms. The quantitative estimate of drug-likeness (QED) is 0.638. The molecule has 1 heterocycles. The van der Waals surface area contributed by atoms with E-state index in [0.717, 1.165) is 43.9 Å². The monoisotopic (exact) mass is 367 g/mol. The Morgan fingerprint density at radius 1 is 0.963 bits per heavy atom. The first-order chi connectivity index (χ1) is 13.3. The van der Waals surface area contributed by atoms with Crippen LogP contribution in [-0.4, -0.2) is 37.1 Å². The number of hydrogen-bond acceptors (Lipinski definition) is 3. The Hall–Kier alpha value is -2.49. The second-order valence-electron chi connectivity index (χ2n) is 6.90. The lowest BCUT2D eigenvalue weighted by Gasteiger charge is -2.32. The lowest BCUT2D eigenvalue weighted by atomic mass is 9.89. The van der Waals surface area contributed by atoms with Gasteiger partial charge in [0.25, 0.3) is 0 Å². The van der Waals surface area contributed by atoms with Crippen molar-refractivity contribution in [2.45, 2.75) is 38.5 Å². The van der Waals surface area contributed by atoms with Crippen LogP contribution in [0.2, 0.25) is 0 Å². The van der Waals surface area contributed by atoms with Crippen molar-refractivity contribution in [1.82, 2.24) is 4.90 Å². The number of rotatable bonds is 8. The van der Waals surface area contributed by atoms with E-state index in [9.17, 15) is 4.79 Å². The van der Waals surface area contributed by atoms with Crippen LogP contribution in [0.3, 0.4) is 0 Å². The fourth-order valence-electron chi connectivity index (χ4n) is 3.60. The third-order valence-corrected chi connectivity index (χ3v) is 5.06. The van der Waals surface area contributed by atoms with Gasteiger partial charge in [-0.15, -0.1) is 0 Å². The van der Waals surface area contributed by atoms with Crippen LogP contribution in [0, 0.1) is 0 Å². The number of carbonyl (C=O) groups excluding carboxylic acids is 1. The van der Waals surface area contributed by atoms with Crippen molar-refractivity contribution < 1.29 is 14.3 Å². The highest BCUT2D eigenvalue weighted by atomic mass is 16.5. The van der Waals surface area contributed by atoms with Crippen molar-refractivity contribution in [1.29, 1.82) is 0 Å². The van der Waals surface area contributed by atoms with Crippen molar-refractivity contribution in [3.63, 3.8) is 0 Å². The number of carbonyl (C=O) groups is 1. The van der Waals surface area contributed by atoms with Gasteiger partial charge in [-0.2, -0.15) is 0 Å². The normalized spacial score (nSPS) is 14.8. The van der Waals surface area contributed by atoms with Crippen LogP contribution in [0.5, 0.6) is 11.5 Å². The van der Waals surface area contributed by atoms with Gasteiger partial charge in [-0.1, -0.05) is 42.5 Å². The van der Waals surface area contributed by atoms with E-state index in [2.05, 4.69) is 30.3 Å². The summed E-state index contributed by atoms with van der Waals surface area (Å²) in [5.74, 6) is 2.32. The highest BCUT2D eigenvalue weighted by Gasteiger charge is 2.23. The van der Waals surface area contributed by atoms with E-state index >= 15 is 0 Å². The zero-order chi connectivity index (χ0) is 18.9. The van der Waals surface area contributed by atoms with Crippen LogP contribution < -0.4 is 9.47 Å². The molecule has 1 saturated heterocycles. The van der Waals surface area contributed by atoms with Crippen molar-refractivity contribution in [2.75, 3.05) is 26.3 Å². The van der Waals surface area contributed by atoms with Gasteiger partial charge in [0.2, 0.25) is 5.91 Å². The molecule has 27 heavy (non-hydrogen) atoms. The number of benzene rings is 2. The minimum atomic E-state index is 0.239. The van der Waals surface area contributed by atoms with Gasteiger partial charge in [0, 0.05) is 19.5 Å². The number of para-hydroxylation sites is 2. The predicted molar refractivity (Wildman–Crippen MR) is 107 cm³/mol. The van der Waals surface area contributed by atoms with E-state index in [1.54, 1.807) is 0 Å². The maximum absolute atomic E-state index is 12.5. The van der Waals surface area contributed by atoms with Crippen LogP contribution in [-0.2, 0) is 4.79 Å². The molecule has 4 nitrogen and oxygen atoms in total. The summed E-state index contributed by atoms with van der Waals surface area (Å²) in [4.78, 5) is 14.5. The predicted octanol–water partition coefficient (Wildman–Crippen LogP) is 4.65. The minimum Gasteiger partial charge on any atom is -0.490 e. The van der Waals surface area contributed by atoms with Gasteiger partial charge >= 0.3 is 0 Å². The Bertz CT molecular complexity index is 709. The topological polar surface area (TPSA) is 38.8 Å². The fraction of sp³-hybridized carbons (Fsp3) is 0.435.